The lowest BCUT2D eigenvalue weighted by Gasteiger charge is -2.15. The van der Waals surface area contributed by atoms with Crippen LogP contribution in [0.5, 0.6) is 0 Å². The quantitative estimate of drug-likeness (QED) is 0.842. The molecule has 0 bridgehead atoms. The number of nitrogens with one attached hydrogen (secondary N) is 1. The van der Waals surface area contributed by atoms with Crippen LogP contribution in [-0.4, -0.2) is 25.0 Å². The van der Waals surface area contributed by atoms with Gasteiger partial charge in [0.05, 0.1) is 11.4 Å². The predicted molar refractivity (Wildman–Crippen MR) is 85.3 cm³/mol. The fraction of sp³-hybridized carbons (Fsp3) is 0.250. The number of benzene rings is 1. The maximum absolute atomic E-state index is 12.1. The summed E-state index contributed by atoms with van der Waals surface area (Å²) < 4.78 is 0. The Morgan fingerprint density at radius 2 is 2.05 bits per heavy atom. The normalized spacial score (nSPS) is 10.2. The van der Waals surface area contributed by atoms with E-state index in [4.69, 9.17) is 5.73 Å². The van der Waals surface area contributed by atoms with Crippen LogP contribution < -0.4 is 16.0 Å². The number of pyridine rings is 1. The molecule has 0 saturated carbocycles. The predicted octanol–water partition coefficient (Wildman–Crippen LogP) is 1.97. The van der Waals surface area contributed by atoms with E-state index in [1.807, 2.05) is 44.1 Å². The van der Waals surface area contributed by atoms with Gasteiger partial charge in [-0.2, -0.15) is 0 Å². The monoisotopic (exact) mass is 284 g/mol. The van der Waals surface area contributed by atoms with Gasteiger partial charge in [0.1, 0.15) is 0 Å². The van der Waals surface area contributed by atoms with Gasteiger partial charge in [0.2, 0.25) is 0 Å². The second-order valence-corrected chi connectivity index (χ2v) is 5.16. The zero-order valence-corrected chi connectivity index (χ0v) is 12.6. The van der Waals surface area contributed by atoms with Crippen molar-refractivity contribution in [3.05, 3.63) is 53.3 Å². The molecule has 2 aromatic rings. The first-order valence-electron chi connectivity index (χ1n) is 6.74. The van der Waals surface area contributed by atoms with Gasteiger partial charge in [0, 0.05) is 38.1 Å². The summed E-state index contributed by atoms with van der Waals surface area (Å²) in [7, 11) is 3.83. The lowest BCUT2D eigenvalue weighted by Crippen LogP contribution is -2.23. The molecule has 0 aliphatic carbocycles. The van der Waals surface area contributed by atoms with Gasteiger partial charge in [0.15, 0.2) is 0 Å². The maximum Gasteiger partial charge on any atom is 0.251 e. The number of hydrogen-bond acceptors (Lipinski definition) is 4. The first-order chi connectivity index (χ1) is 9.97. The largest absolute Gasteiger partial charge is 0.397 e. The number of rotatable bonds is 4. The van der Waals surface area contributed by atoms with Crippen LogP contribution >= 0.6 is 0 Å². The zero-order valence-electron chi connectivity index (χ0n) is 12.6. The second-order valence-electron chi connectivity index (χ2n) is 5.16. The molecule has 2 rings (SSSR count). The number of nitrogens with two attached hydrogens (primary N) is 1. The Morgan fingerprint density at radius 1 is 1.29 bits per heavy atom. The van der Waals surface area contributed by atoms with E-state index < -0.39 is 0 Å². The molecule has 1 aromatic carbocycles. The molecule has 0 radical (unpaired) electrons. The van der Waals surface area contributed by atoms with Crippen molar-refractivity contribution in [1.29, 1.82) is 0 Å². The third-order valence-corrected chi connectivity index (χ3v) is 3.20. The molecule has 5 heteroatoms. The summed E-state index contributed by atoms with van der Waals surface area (Å²) in [5, 5.41) is 2.86. The summed E-state index contributed by atoms with van der Waals surface area (Å²) in [6.07, 6.45) is 1.76. The van der Waals surface area contributed by atoms with Crippen molar-refractivity contribution in [2.75, 3.05) is 24.7 Å². The van der Waals surface area contributed by atoms with Crippen molar-refractivity contribution < 1.29 is 4.79 Å². The Hall–Kier alpha value is -2.56. The minimum atomic E-state index is -0.146. The highest BCUT2D eigenvalue weighted by atomic mass is 16.1. The molecule has 1 heterocycles. The number of hydrogen-bond donors (Lipinski definition) is 2. The highest BCUT2D eigenvalue weighted by Gasteiger charge is 2.09. The minimum absolute atomic E-state index is 0.146. The molecular formula is C16H20N4O. The van der Waals surface area contributed by atoms with Crippen molar-refractivity contribution in [2.45, 2.75) is 13.5 Å². The van der Waals surface area contributed by atoms with Gasteiger partial charge in [-0.3, -0.25) is 9.78 Å². The van der Waals surface area contributed by atoms with E-state index in [0.717, 1.165) is 16.9 Å². The van der Waals surface area contributed by atoms with Gasteiger partial charge < -0.3 is 16.0 Å². The molecule has 0 aliphatic rings. The van der Waals surface area contributed by atoms with Crippen LogP contribution in [0.2, 0.25) is 0 Å². The van der Waals surface area contributed by atoms with Gasteiger partial charge in [-0.25, -0.2) is 0 Å². The summed E-state index contributed by atoms with van der Waals surface area (Å²) in [5.41, 5.74) is 9.91. The Kier molecular flexibility index (Phi) is 4.42. The summed E-state index contributed by atoms with van der Waals surface area (Å²) in [5.74, 6) is -0.146. The Morgan fingerprint density at radius 3 is 2.62 bits per heavy atom. The molecule has 0 atom stereocenters. The van der Waals surface area contributed by atoms with E-state index in [1.165, 1.54) is 0 Å². The SMILES string of the molecule is Cc1ccc(CNC(=O)c2ccc(N(C)C)c(N)c2)cn1. The van der Waals surface area contributed by atoms with Crippen LogP contribution in [0.4, 0.5) is 11.4 Å². The fourth-order valence-corrected chi connectivity index (χ4v) is 1.99. The number of anilines is 2. The lowest BCUT2D eigenvalue weighted by atomic mass is 10.1. The number of nitrogen functional groups attached to an aromatic ring is 1. The Bertz CT molecular complexity index is 635. The van der Waals surface area contributed by atoms with E-state index >= 15 is 0 Å². The first kappa shape index (κ1) is 14.8. The van der Waals surface area contributed by atoms with Crippen LogP contribution in [0.3, 0.4) is 0 Å². The molecule has 110 valence electrons. The molecular weight excluding hydrogens is 264 g/mol. The van der Waals surface area contributed by atoms with Crippen LogP contribution in [0.25, 0.3) is 0 Å². The van der Waals surface area contributed by atoms with E-state index in [-0.39, 0.29) is 5.91 Å². The van der Waals surface area contributed by atoms with Crippen LogP contribution in [0.15, 0.2) is 36.5 Å². The molecule has 5 nitrogen and oxygen atoms in total. The van der Waals surface area contributed by atoms with Crippen molar-refractivity contribution in [2.24, 2.45) is 0 Å². The van der Waals surface area contributed by atoms with Crippen molar-refractivity contribution in [3.63, 3.8) is 0 Å². The molecule has 3 N–H and O–H groups in total. The summed E-state index contributed by atoms with van der Waals surface area (Å²) in [6.45, 7) is 2.37. The molecule has 21 heavy (non-hydrogen) atoms. The number of aryl methyl sites for hydroxylation is 1. The van der Waals surface area contributed by atoms with Crippen LogP contribution in [0, 0.1) is 6.92 Å². The third kappa shape index (κ3) is 3.72. The van der Waals surface area contributed by atoms with Gasteiger partial charge in [0.25, 0.3) is 5.91 Å². The third-order valence-electron chi connectivity index (χ3n) is 3.20. The second kappa shape index (κ2) is 6.26. The summed E-state index contributed by atoms with van der Waals surface area (Å²) in [6, 6.07) is 9.18. The van der Waals surface area contributed by atoms with Crippen molar-refractivity contribution in [1.82, 2.24) is 10.3 Å². The zero-order chi connectivity index (χ0) is 15.4. The van der Waals surface area contributed by atoms with Crippen molar-refractivity contribution in [3.8, 4) is 0 Å². The first-order valence-corrected chi connectivity index (χ1v) is 6.74. The van der Waals surface area contributed by atoms with Crippen molar-refractivity contribution >= 4 is 17.3 Å². The summed E-state index contributed by atoms with van der Waals surface area (Å²) >= 11 is 0. The van der Waals surface area contributed by atoms with Gasteiger partial charge in [-0.1, -0.05) is 6.07 Å². The van der Waals surface area contributed by atoms with E-state index in [0.29, 0.717) is 17.8 Å². The average molecular weight is 284 g/mol. The average Bonchev–Trinajstić information content (AvgIpc) is 2.45. The molecule has 1 amide bonds. The Balaban J connectivity index is 2.03. The van der Waals surface area contributed by atoms with Crippen LogP contribution in [0.1, 0.15) is 21.6 Å². The molecule has 0 saturated heterocycles. The van der Waals surface area contributed by atoms with E-state index in [1.54, 1.807) is 18.3 Å². The molecule has 0 spiro atoms. The standard InChI is InChI=1S/C16H20N4O/c1-11-4-5-12(9-18-11)10-19-16(21)13-6-7-15(20(2)3)14(17)8-13/h4-9H,10,17H2,1-3H3,(H,19,21). The molecule has 0 aliphatic heterocycles. The highest BCUT2D eigenvalue weighted by Crippen LogP contribution is 2.22. The van der Waals surface area contributed by atoms with E-state index in [9.17, 15) is 4.79 Å². The topological polar surface area (TPSA) is 71.2 Å². The summed E-state index contributed by atoms with van der Waals surface area (Å²) in [4.78, 5) is 18.2. The van der Waals surface area contributed by atoms with Crippen LogP contribution in [-0.2, 0) is 6.54 Å². The van der Waals surface area contributed by atoms with Gasteiger partial charge >= 0.3 is 0 Å². The highest BCUT2D eigenvalue weighted by molar-refractivity contribution is 5.96. The van der Waals surface area contributed by atoms with Gasteiger partial charge in [-0.15, -0.1) is 0 Å². The number of nitrogens with zero attached hydrogens (tertiary/aromatic N) is 2. The fourth-order valence-electron chi connectivity index (χ4n) is 1.99. The van der Waals surface area contributed by atoms with E-state index in [2.05, 4.69) is 10.3 Å². The number of aromatic nitrogens is 1. The Labute approximate surface area is 124 Å². The number of carbonyl (C=O) groups is 1. The number of amides is 1. The molecule has 1 aromatic heterocycles. The minimum Gasteiger partial charge on any atom is -0.397 e. The lowest BCUT2D eigenvalue weighted by molar-refractivity contribution is 0.0951. The molecule has 0 unspecified atom stereocenters. The smallest absolute Gasteiger partial charge is 0.251 e. The maximum atomic E-state index is 12.1. The van der Waals surface area contributed by atoms with Gasteiger partial charge in [-0.05, 0) is 36.8 Å². The molecule has 0 fully saturated rings. The number of carbonyl (C=O) groups excluding carboxylic acids is 1.